The number of alkyl halides is 3. The maximum Gasteiger partial charge on any atom is 0.392 e. The molecular weight excluding hydrogens is 515 g/mol. The van der Waals surface area contributed by atoms with Gasteiger partial charge in [-0.3, -0.25) is 4.55 Å². The van der Waals surface area contributed by atoms with Crippen molar-refractivity contribution < 1.29 is 39.7 Å². The fourth-order valence-electron chi connectivity index (χ4n) is 3.95. The van der Waals surface area contributed by atoms with Crippen LogP contribution in [-0.2, 0) is 10.1 Å². The minimum absolute atomic E-state index is 0.189. The van der Waals surface area contributed by atoms with Crippen molar-refractivity contribution in [1.82, 2.24) is 0 Å². The average molecular weight is 541 g/mol. The molecule has 10 heteroatoms. The third-order valence-electron chi connectivity index (χ3n) is 5.43. The van der Waals surface area contributed by atoms with Gasteiger partial charge in [-0.1, -0.05) is 49.8 Å². The van der Waals surface area contributed by atoms with Crippen LogP contribution in [0.1, 0.15) is 38.2 Å². The number of ether oxygens (including phenoxy) is 1. The van der Waals surface area contributed by atoms with Gasteiger partial charge in [-0.25, -0.2) is 8.78 Å². The molecule has 0 spiro atoms. The van der Waals surface area contributed by atoms with E-state index in [1.807, 2.05) is 37.3 Å². The molecule has 0 saturated carbocycles. The van der Waals surface area contributed by atoms with E-state index in [1.165, 1.54) is 12.1 Å². The summed E-state index contributed by atoms with van der Waals surface area (Å²) in [6.07, 6.45) is 0.758. The summed E-state index contributed by atoms with van der Waals surface area (Å²) in [7, 11) is -3.67. The molecule has 0 atom stereocenters. The van der Waals surface area contributed by atoms with E-state index in [2.05, 4.69) is 0 Å². The monoisotopic (exact) mass is 540 g/mol. The second-order valence-electron chi connectivity index (χ2n) is 8.50. The molecule has 0 amide bonds. The van der Waals surface area contributed by atoms with E-state index in [4.69, 9.17) is 9.29 Å². The molecule has 0 unspecified atom stereocenters. The molecule has 0 fully saturated rings. The molecule has 0 aromatic heterocycles. The minimum Gasteiger partial charge on any atom is -0.456 e. The van der Waals surface area contributed by atoms with Crippen LogP contribution in [0.2, 0.25) is 0 Å². The van der Waals surface area contributed by atoms with E-state index in [1.54, 1.807) is 6.08 Å². The molecule has 2 aromatic carbocycles. The van der Waals surface area contributed by atoms with Gasteiger partial charge >= 0.3 is 6.18 Å². The highest BCUT2D eigenvalue weighted by Gasteiger charge is 2.27. The van der Waals surface area contributed by atoms with Crippen molar-refractivity contribution in [2.24, 2.45) is 0 Å². The molecule has 1 aliphatic heterocycles. The quantitative estimate of drug-likeness (QED) is 0.388. The van der Waals surface area contributed by atoms with Crippen LogP contribution < -0.4 is 15.2 Å². The molecule has 2 aliphatic rings. The van der Waals surface area contributed by atoms with Crippen molar-refractivity contribution in [3.05, 3.63) is 99.2 Å². The molecule has 1 heterocycles. The summed E-state index contributed by atoms with van der Waals surface area (Å²) in [6, 6.07) is 11.5. The Morgan fingerprint density at radius 1 is 1.11 bits per heavy atom. The lowest BCUT2D eigenvalue weighted by Crippen LogP contribution is -2.25. The van der Waals surface area contributed by atoms with Crippen LogP contribution >= 0.6 is 0 Å². The largest absolute Gasteiger partial charge is 0.456 e. The lowest BCUT2D eigenvalue weighted by atomic mass is 9.91. The summed E-state index contributed by atoms with van der Waals surface area (Å²) in [5.74, 6) is -0.494. The number of fused-ring (bicyclic) bond motifs is 2. The standard InChI is InChI=1S/C26H21F5O.CH4O3S/c1-2-6-16-9-10-23-19(14-21(16)27)25(17-7-4-3-5-8-17)20-15-22(28)18(13-24(20)32-23)11-12-26(29,30)31;1-5(2,3)4/h3-5,7-8,10-11,13-15H,2,6,9,12H2,1H3;1H3,(H,2,3,4)/b18-11-;. The van der Waals surface area contributed by atoms with Crippen LogP contribution in [0.25, 0.3) is 11.6 Å². The third-order valence-corrected chi connectivity index (χ3v) is 5.43. The van der Waals surface area contributed by atoms with Gasteiger partial charge in [0, 0.05) is 21.6 Å². The van der Waals surface area contributed by atoms with Gasteiger partial charge in [0.15, 0.2) is 0 Å². The van der Waals surface area contributed by atoms with Gasteiger partial charge in [-0.05, 0) is 48.3 Å². The van der Waals surface area contributed by atoms with Crippen LogP contribution in [0.15, 0.2) is 77.3 Å². The number of hydrogen-bond donors (Lipinski definition) is 1. The van der Waals surface area contributed by atoms with Gasteiger partial charge in [0.25, 0.3) is 10.1 Å². The average Bonchev–Trinajstić information content (AvgIpc) is 2.94. The number of halogens is 5. The van der Waals surface area contributed by atoms with Crippen LogP contribution in [0, 0.1) is 5.82 Å². The smallest absolute Gasteiger partial charge is 0.392 e. The fraction of sp³-hybridized carbons (Fsp3) is 0.259. The summed E-state index contributed by atoms with van der Waals surface area (Å²) in [4.78, 5) is 0. The fourth-order valence-corrected chi connectivity index (χ4v) is 3.95. The zero-order chi connectivity index (χ0) is 27.4. The van der Waals surface area contributed by atoms with Gasteiger partial charge in [-0.15, -0.1) is 0 Å². The maximum absolute atomic E-state index is 15.0. The first-order chi connectivity index (χ1) is 17.3. The number of allylic oxidation sites excluding steroid dienone is 5. The van der Waals surface area contributed by atoms with Crippen molar-refractivity contribution in [2.45, 2.75) is 38.8 Å². The molecule has 1 aliphatic carbocycles. The molecule has 198 valence electrons. The van der Waals surface area contributed by atoms with Crippen molar-refractivity contribution in [1.29, 1.82) is 0 Å². The lowest BCUT2D eigenvalue weighted by Gasteiger charge is -2.23. The normalized spacial score (nSPS) is 16.0. The van der Waals surface area contributed by atoms with E-state index in [0.717, 1.165) is 24.1 Å². The Kier molecular flexibility index (Phi) is 8.76. The van der Waals surface area contributed by atoms with Crippen LogP contribution in [0.3, 0.4) is 0 Å². The van der Waals surface area contributed by atoms with Gasteiger partial charge < -0.3 is 4.74 Å². The SMILES string of the molecule is CCCC1=C(F)C=C2C(=CC1)Oc1c/c(=C/CC(F)(F)F)c(F)cc1=C2c1ccccc1.CS(=O)(=O)O. The van der Waals surface area contributed by atoms with Crippen molar-refractivity contribution in [3.63, 3.8) is 0 Å². The van der Waals surface area contributed by atoms with Gasteiger partial charge in [0.1, 0.15) is 23.2 Å². The first-order valence-corrected chi connectivity index (χ1v) is 13.2. The summed E-state index contributed by atoms with van der Waals surface area (Å²) >= 11 is 0. The van der Waals surface area contributed by atoms with E-state index in [-0.39, 0.29) is 16.8 Å². The number of hydrogen-bond acceptors (Lipinski definition) is 3. The Hall–Kier alpha value is -3.24. The van der Waals surface area contributed by atoms with E-state index < -0.39 is 28.5 Å². The molecule has 0 saturated heterocycles. The van der Waals surface area contributed by atoms with Crippen LogP contribution in [-0.4, -0.2) is 25.4 Å². The summed E-state index contributed by atoms with van der Waals surface area (Å²) in [6.45, 7) is 1.97. The first-order valence-electron chi connectivity index (χ1n) is 11.3. The second kappa shape index (κ2) is 11.4. The second-order valence-corrected chi connectivity index (χ2v) is 9.97. The number of benzene rings is 2. The van der Waals surface area contributed by atoms with E-state index in [9.17, 15) is 26.0 Å². The molecule has 1 N–H and O–H groups in total. The highest BCUT2D eigenvalue weighted by Crippen LogP contribution is 2.37. The molecule has 37 heavy (non-hydrogen) atoms. The Balaban J connectivity index is 0.000000695. The highest BCUT2D eigenvalue weighted by molar-refractivity contribution is 7.85. The first kappa shape index (κ1) is 28.3. The molecule has 4 rings (SSSR count). The predicted molar refractivity (Wildman–Crippen MR) is 132 cm³/mol. The molecule has 0 bridgehead atoms. The van der Waals surface area contributed by atoms with Crippen molar-refractivity contribution in [2.75, 3.05) is 6.26 Å². The van der Waals surface area contributed by atoms with Crippen molar-refractivity contribution in [3.8, 4) is 5.75 Å². The van der Waals surface area contributed by atoms with Gasteiger partial charge in [-0.2, -0.15) is 21.6 Å². The highest BCUT2D eigenvalue weighted by atomic mass is 32.2. The molecule has 2 aromatic rings. The predicted octanol–water partition coefficient (Wildman–Crippen LogP) is 5.89. The zero-order valence-corrected chi connectivity index (χ0v) is 20.9. The van der Waals surface area contributed by atoms with E-state index in [0.29, 0.717) is 46.8 Å². The Labute approximate surface area is 211 Å². The van der Waals surface area contributed by atoms with Gasteiger partial charge in [0.2, 0.25) is 0 Å². The van der Waals surface area contributed by atoms with Gasteiger partial charge in [0.05, 0.1) is 12.7 Å². The van der Waals surface area contributed by atoms with E-state index >= 15 is 4.39 Å². The van der Waals surface area contributed by atoms with Crippen molar-refractivity contribution >= 4 is 21.8 Å². The summed E-state index contributed by atoms with van der Waals surface area (Å²) in [5, 5.41) is 0.180. The topological polar surface area (TPSA) is 63.6 Å². The maximum atomic E-state index is 15.0. The van der Waals surface area contributed by atoms with Crippen LogP contribution in [0.4, 0.5) is 22.0 Å². The number of rotatable bonds is 4. The Bertz CT molecular complexity index is 1480. The Morgan fingerprint density at radius 3 is 2.35 bits per heavy atom. The third kappa shape index (κ3) is 7.87. The minimum atomic E-state index is -4.44. The molecule has 4 nitrogen and oxygen atoms in total. The zero-order valence-electron chi connectivity index (χ0n) is 20.1. The lowest BCUT2D eigenvalue weighted by molar-refractivity contribution is -0.122. The Morgan fingerprint density at radius 2 is 1.76 bits per heavy atom. The summed E-state index contributed by atoms with van der Waals surface area (Å²) in [5.41, 5.74) is 2.44. The summed E-state index contributed by atoms with van der Waals surface area (Å²) < 4.78 is 99.6. The molecular formula is C27H25F5O4S. The molecule has 0 radical (unpaired) electrons. The van der Waals surface area contributed by atoms with Crippen LogP contribution in [0.5, 0.6) is 5.75 Å².